The number of benzene rings is 1. The summed E-state index contributed by atoms with van der Waals surface area (Å²) in [5, 5.41) is 0. The highest BCUT2D eigenvalue weighted by molar-refractivity contribution is 7.86. The van der Waals surface area contributed by atoms with Gasteiger partial charge in [-0.2, -0.15) is 17.0 Å². The minimum Gasteiger partial charge on any atom is -0.486 e. The first-order chi connectivity index (χ1) is 15.7. The van der Waals surface area contributed by atoms with Crippen molar-refractivity contribution in [2.75, 3.05) is 64.1 Å². The zero-order valence-electron chi connectivity index (χ0n) is 18.7. The average molecular weight is 481 g/mol. The van der Waals surface area contributed by atoms with E-state index >= 15 is 0 Å². The summed E-state index contributed by atoms with van der Waals surface area (Å²) in [6, 6.07) is 3.24. The van der Waals surface area contributed by atoms with Crippen LogP contribution in [0.5, 0.6) is 11.5 Å². The molecular weight excluding hydrogens is 452 g/mol. The molecule has 0 bridgehead atoms. The van der Waals surface area contributed by atoms with Gasteiger partial charge in [-0.05, 0) is 19.9 Å². The van der Waals surface area contributed by atoms with Crippen molar-refractivity contribution in [2.45, 2.75) is 26.1 Å². The van der Waals surface area contributed by atoms with Crippen molar-refractivity contribution in [3.05, 3.63) is 17.7 Å². The number of Topliss-reactive ketones (excluding diaryl/α,β-unsaturated/α-hetero) is 1. The van der Waals surface area contributed by atoms with Gasteiger partial charge in [0, 0.05) is 45.3 Å². The SMILES string of the molecule is C[C@@H]1CN(S(=O)(=O)N2CCN(CN3C(=O)C(=O)c4cc5c(cc43)OCCO5)CC2)C[C@@H](C)O1. The summed E-state index contributed by atoms with van der Waals surface area (Å²) >= 11 is 0. The molecule has 5 rings (SSSR count). The molecule has 2 atom stereocenters. The summed E-state index contributed by atoms with van der Waals surface area (Å²) in [5.74, 6) is -0.191. The molecule has 33 heavy (non-hydrogen) atoms. The largest absolute Gasteiger partial charge is 0.486 e. The third-order valence-electron chi connectivity index (χ3n) is 6.35. The molecule has 0 aliphatic carbocycles. The Hall–Kier alpha value is -2.25. The van der Waals surface area contributed by atoms with E-state index in [-0.39, 0.29) is 18.9 Å². The van der Waals surface area contributed by atoms with Gasteiger partial charge in [0.15, 0.2) is 11.5 Å². The molecule has 2 saturated heterocycles. The molecule has 180 valence electrons. The van der Waals surface area contributed by atoms with Gasteiger partial charge in [-0.25, -0.2) is 0 Å². The molecule has 0 N–H and O–H groups in total. The lowest BCUT2D eigenvalue weighted by molar-refractivity contribution is -0.114. The number of nitrogens with zero attached hydrogens (tertiary/aromatic N) is 4. The summed E-state index contributed by atoms with van der Waals surface area (Å²) < 4.78 is 46.0. The van der Waals surface area contributed by atoms with E-state index in [0.29, 0.717) is 75.2 Å². The second kappa shape index (κ2) is 8.51. The van der Waals surface area contributed by atoms with Crippen LogP contribution in [-0.4, -0.2) is 105 Å². The highest BCUT2D eigenvalue weighted by atomic mass is 32.2. The van der Waals surface area contributed by atoms with Gasteiger partial charge in [0.2, 0.25) is 0 Å². The zero-order chi connectivity index (χ0) is 23.3. The smallest absolute Gasteiger partial charge is 0.300 e. The predicted octanol–water partition coefficient (Wildman–Crippen LogP) is -0.0838. The van der Waals surface area contributed by atoms with Gasteiger partial charge in [-0.1, -0.05) is 0 Å². The van der Waals surface area contributed by atoms with Crippen LogP contribution in [0.1, 0.15) is 24.2 Å². The summed E-state index contributed by atoms with van der Waals surface area (Å²) in [6.07, 6.45) is -0.299. The fourth-order valence-electron chi connectivity index (χ4n) is 4.75. The van der Waals surface area contributed by atoms with Gasteiger partial charge < -0.3 is 14.2 Å². The molecule has 4 aliphatic rings. The Morgan fingerprint density at radius 3 is 2.15 bits per heavy atom. The number of ketones is 1. The van der Waals surface area contributed by atoms with Crippen LogP contribution in [-0.2, 0) is 19.7 Å². The number of piperazine rings is 1. The molecule has 4 aliphatic heterocycles. The Kier molecular flexibility index (Phi) is 5.81. The average Bonchev–Trinajstić information content (AvgIpc) is 3.01. The van der Waals surface area contributed by atoms with Gasteiger partial charge in [0.1, 0.15) is 13.2 Å². The fourth-order valence-corrected chi connectivity index (χ4v) is 6.50. The summed E-state index contributed by atoms with van der Waals surface area (Å²) in [5.41, 5.74) is 0.807. The standard InChI is InChI=1S/C21H28N4O7S/c1-14-11-24(12-15(2)32-14)33(28,29)23-5-3-22(4-6-23)13-25-17-10-19-18(30-7-8-31-19)9-16(17)20(26)21(25)27/h9-10,14-15H,3-8,11-13H2,1-2H3/t14-,15-/m1/s1. The van der Waals surface area contributed by atoms with Gasteiger partial charge >= 0.3 is 5.91 Å². The Bertz CT molecular complexity index is 1060. The Labute approximate surface area is 192 Å². The molecule has 12 heteroatoms. The third kappa shape index (κ3) is 4.10. The molecule has 4 heterocycles. The van der Waals surface area contributed by atoms with Crippen LogP contribution in [0.15, 0.2) is 12.1 Å². The second-order valence-electron chi connectivity index (χ2n) is 8.82. The monoisotopic (exact) mass is 480 g/mol. The summed E-state index contributed by atoms with van der Waals surface area (Å²) in [4.78, 5) is 28.6. The van der Waals surface area contributed by atoms with E-state index in [0.717, 1.165) is 0 Å². The van der Waals surface area contributed by atoms with Gasteiger partial charge in [0.25, 0.3) is 16.0 Å². The first-order valence-corrected chi connectivity index (χ1v) is 12.6. The lowest BCUT2D eigenvalue weighted by Gasteiger charge is -2.40. The normalized spacial score (nSPS) is 27.2. The minimum atomic E-state index is -3.59. The zero-order valence-corrected chi connectivity index (χ0v) is 19.5. The van der Waals surface area contributed by atoms with Gasteiger partial charge in [-0.3, -0.25) is 19.4 Å². The van der Waals surface area contributed by atoms with Crippen LogP contribution in [0, 0.1) is 0 Å². The highest BCUT2D eigenvalue weighted by Crippen LogP contribution is 2.40. The maximum Gasteiger partial charge on any atom is 0.300 e. The van der Waals surface area contributed by atoms with Crippen LogP contribution >= 0.6 is 0 Å². The van der Waals surface area contributed by atoms with Crippen molar-refractivity contribution in [1.29, 1.82) is 0 Å². The number of hydrogen-bond acceptors (Lipinski definition) is 8. The van der Waals surface area contributed by atoms with Crippen LogP contribution in [0.25, 0.3) is 0 Å². The molecule has 0 unspecified atom stereocenters. The van der Waals surface area contributed by atoms with E-state index in [4.69, 9.17) is 14.2 Å². The third-order valence-corrected chi connectivity index (χ3v) is 8.32. The van der Waals surface area contributed by atoms with Crippen molar-refractivity contribution >= 4 is 27.6 Å². The first kappa shape index (κ1) is 22.5. The molecule has 1 aromatic rings. The van der Waals surface area contributed by atoms with E-state index in [1.54, 1.807) is 12.1 Å². The van der Waals surface area contributed by atoms with Crippen molar-refractivity contribution < 1.29 is 32.2 Å². The lowest BCUT2D eigenvalue weighted by Crippen LogP contribution is -2.58. The number of carbonyl (C=O) groups excluding carboxylic acids is 2. The molecule has 1 aromatic carbocycles. The number of carbonyl (C=O) groups is 2. The maximum absolute atomic E-state index is 13.1. The van der Waals surface area contributed by atoms with E-state index in [1.807, 2.05) is 18.7 Å². The van der Waals surface area contributed by atoms with Crippen molar-refractivity contribution in [3.8, 4) is 11.5 Å². The Morgan fingerprint density at radius 1 is 0.909 bits per heavy atom. The fraction of sp³-hybridized carbons (Fsp3) is 0.619. The van der Waals surface area contributed by atoms with E-state index in [2.05, 4.69) is 0 Å². The van der Waals surface area contributed by atoms with E-state index < -0.39 is 21.9 Å². The molecule has 0 spiro atoms. The number of amides is 1. The van der Waals surface area contributed by atoms with Crippen molar-refractivity contribution in [2.24, 2.45) is 0 Å². The van der Waals surface area contributed by atoms with Crippen LogP contribution < -0.4 is 14.4 Å². The molecular formula is C21H28N4O7S. The quantitative estimate of drug-likeness (QED) is 0.551. The molecule has 0 saturated carbocycles. The van der Waals surface area contributed by atoms with Crippen molar-refractivity contribution in [3.63, 3.8) is 0 Å². The van der Waals surface area contributed by atoms with E-state index in [1.165, 1.54) is 13.5 Å². The topological polar surface area (TPSA) is 109 Å². The maximum atomic E-state index is 13.1. The number of ether oxygens (including phenoxy) is 3. The van der Waals surface area contributed by atoms with Crippen LogP contribution in [0.3, 0.4) is 0 Å². The lowest BCUT2D eigenvalue weighted by atomic mass is 10.1. The summed E-state index contributed by atoms with van der Waals surface area (Å²) in [6.45, 7) is 6.95. The summed E-state index contributed by atoms with van der Waals surface area (Å²) in [7, 11) is -3.59. The number of fused-ring (bicyclic) bond motifs is 2. The Morgan fingerprint density at radius 2 is 1.52 bits per heavy atom. The number of morpholine rings is 1. The van der Waals surface area contributed by atoms with Crippen LogP contribution in [0.2, 0.25) is 0 Å². The first-order valence-electron chi connectivity index (χ1n) is 11.2. The molecule has 1 amide bonds. The molecule has 0 radical (unpaired) electrons. The highest BCUT2D eigenvalue weighted by Gasteiger charge is 2.40. The predicted molar refractivity (Wildman–Crippen MR) is 118 cm³/mol. The molecule has 11 nitrogen and oxygen atoms in total. The van der Waals surface area contributed by atoms with Crippen molar-refractivity contribution in [1.82, 2.24) is 13.5 Å². The second-order valence-corrected chi connectivity index (χ2v) is 10.7. The van der Waals surface area contributed by atoms with Gasteiger partial charge in [0.05, 0.1) is 30.1 Å². The molecule has 2 fully saturated rings. The molecule has 0 aromatic heterocycles. The van der Waals surface area contributed by atoms with Gasteiger partial charge in [-0.15, -0.1) is 0 Å². The van der Waals surface area contributed by atoms with E-state index in [9.17, 15) is 18.0 Å². The Balaban J connectivity index is 1.26. The van der Waals surface area contributed by atoms with Crippen LogP contribution in [0.4, 0.5) is 5.69 Å². The minimum absolute atomic E-state index is 0.149. The number of hydrogen-bond donors (Lipinski definition) is 0. The number of anilines is 1. The number of rotatable bonds is 4.